The quantitative estimate of drug-likeness (QED) is 0.917. The first-order chi connectivity index (χ1) is 9.70. The van der Waals surface area contributed by atoms with Gasteiger partial charge in [-0.2, -0.15) is 0 Å². The van der Waals surface area contributed by atoms with Crippen LogP contribution in [0.4, 0.5) is 0 Å². The van der Waals surface area contributed by atoms with Crippen LogP contribution in [0.2, 0.25) is 0 Å². The van der Waals surface area contributed by atoms with E-state index in [0.29, 0.717) is 0 Å². The topological polar surface area (TPSA) is 34.4 Å². The van der Waals surface area contributed by atoms with E-state index in [-0.39, 0.29) is 6.04 Å². The standard InChI is InChI=1S/C16H18BrNO2/c1-3-18-15(13-5-7-19-10(13)2)14-9-12(17)8-11-4-6-20-16(11)14/h5,7-9,15,18H,3-4,6H2,1-2H3. The number of furan rings is 1. The molecular formula is C16H18BrNO2. The Hall–Kier alpha value is -1.26. The van der Waals surface area contributed by atoms with E-state index >= 15 is 0 Å². The van der Waals surface area contributed by atoms with Gasteiger partial charge < -0.3 is 14.5 Å². The van der Waals surface area contributed by atoms with E-state index in [4.69, 9.17) is 9.15 Å². The number of aryl methyl sites for hydroxylation is 1. The van der Waals surface area contributed by atoms with Gasteiger partial charge in [0.2, 0.25) is 0 Å². The molecule has 0 bridgehead atoms. The van der Waals surface area contributed by atoms with E-state index in [2.05, 4.69) is 40.3 Å². The lowest BCUT2D eigenvalue weighted by Gasteiger charge is -2.21. The highest BCUT2D eigenvalue weighted by Gasteiger charge is 2.25. The third-order valence-electron chi connectivity index (χ3n) is 3.71. The molecule has 3 nitrogen and oxygen atoms in total. The van der Waals surface area contributed by atoms with E-state index < -0.39 is 0 Å². The Labute approximate surface area is 127 Å². The molecule has 0 saturated carbocycles. The lowest BCUT2D eigenvalue weighted by Crippen LogP contribution is -2.22. The number of benzene rings is 1. The van der Waals surface area contributed by atoms with Crippen molar-refractivity contribution in [3.05, 3.63) is 51.4 Å². The Morgan fingerprint density at radius 1 is 1.35 bits per heavy atom. The summed E-state index contributed by atoms with van der Waals surface area (Å²) in [4.78, 5) is 0. The number of nitrogens with one attached hydrogen (secondary N) is 1. The molecule has 1 aliphatic heterocycles. The molecule has 1 atom stereocenters. The van der Waals surface area contributed by atoms with Gasteiger partial charge in [0.15, 0.2) is 0 Å². The van der Waals surface area contributed by atoms with Crippen LogP contribution in [0.3, 0.4) is 0 Å². The second kappa shape index (κ2) is 5.62. The van der Waals surface area contributed by atoms with Gasteiger partial charge in [-0.1, -0.05) is 22.9 Å². The summed E-state index contributed by atoms with van der Waals surface area (Å²) in [6.45, 7) is 5.76. The summed E-state index contributed by atoms with van der Waals surface area (Å²) in [7, 11) is 0. The van der Waals surface area contributed by atoms with Crippen LogP contribution in [0.25, 0.3) is 0 Å². The molecule has 1 unspecified atom stereocenters. The minimum atomic E-state index is 0.100. The largest absolute Gasteiger partial charge is 0.493 e. The van der Waals surface area contributed by atoms with Crippen molar-refractivity contribution >= 4 is 15.9 Å². The van der Waals surface area contributed by atoms with Gasteiger partial charge in [-0.25, -0.2) is 0 Å². The van der Waals surface area contributed by atoms with Crippen LogP contribution < -0.4 is 10.1 Å². The fourth-order valence-corrected chi connectivity index (χ4v) is 3.32. The zero-order valence-corrected chi connectivity index (χ0v) is 13.3. The average Bonchev–Trinajstić information content (AvgIpc) is 3.04. The molecule has 0 radical (unpaired) electrons. The van der Waals surface area contributed by atoms with Gasteiger partial charge >= 0.3 is 0 Å². The van der Waals surface area contributed by atoms with Crippen molar-refractivity contribution in [2.45, 2.75) is 26.3 Å². The third-order valence-corrected chi connectivity index (χ3v) is 4.16. The van der Waals surface area contributed by atoms with Gasteiger partial charge in [0.1, 0.15) is 11.5 Å². The summed E-state index contributed by atoms with van der Waals surface area (Å²) in [6, 6.07) is 6.43. The SMILES string of the molecule is CCNC(c1ccoc1C)c1cc(Br)cc2c1OCC2. The summed E-state index contributed by atoms with van der Waals surface area (Å²) in [5.41, 5.74) is 3.62. The van der Waals surface area contributed by atoms with Crippen LogP contribution in [0.5, 0.6) is 5.75 Å². The predicted octanol–water partition coefficient (Wildman–Crippen LogP) is 3.98. The summed E-state index contributed by atoms with van der Waals surface area (Å²) in [5.74, 6) is 1.97. The molecule has 20 heavy (non-hydrogen) atoms. The Bertz CT molecular complexity index is 621. The predicted molar refractivity (Wildman–Crippen MR) is 82.3 cm³/mol. The van der Waals surface area contributed by atoms with Crippen molar-refractivity contribution in [3.8, 4) is 5.75 Å². The van der Waals surface area contributed by atoms with Gasteiger partial charge in [-0.15, -0.1) is 0 Å². The molecule has 2 aromatic rings. The number of halogens is 1. The van der Waals surface area contributed by atoms with E-state index in [1.807, 2.05) is 13.0 Å². The normalized spacial score (nSPS) is 14.9. The van der Waals surface area contributed by atoms with E-state index in [1.54, 1.807) is 6.26 Å². The molecule has 1 aliphatic rings. The summed E-state index contributed by atoms with van der Waals surface area (Å²) >= 11 is 3.61. The Morgan fingerprint density at radius 2 is 2.20 bits per heavy atom. The number of ether oxygens (including phenoxy) is 1. The number of hydrogen-bond donors (Lipinski definition) is 1. The van der Waals surface area contributed by atoms with Gasteiger partial charge in [0.05, 0.1) is 18.9 Å². The second-order valence-electron chi connectivity index (χ2n) is 5.00. The first-order valence-corrected chi connectivity index (χ1v) is 7.72. The molecule has 2 heterocycles. The monoisotopic (exact) mass is 335 g/mol. The maximum Gasteiger partial charge on any atom is 0.127 e. The van der Waals surface area contributed by atoms with Crippen LogP contribution >= 0.6 is 15.9 Å². The van der Waals surface area contributed by atoms with Crippen LogP contribution in [0, 0.1) is 6.92 Å². The summed E-state index contributed by atoms with van der Waals surface area (Å²) < 4.78 is 12.4. The van der Waals surface area contributed by atoms with Gasteiger partial charge in [-0.05, 0) is 37.2 Å². The number of hydrogen-bond acceptors (Lipinski definition) is 3. The molecule has 0 fully saturated rings. The summed E-state index contributed by atoms with van der Waals surface area (Å²) in [5, 5.41) is 3.54. The highest BCUT2D eigenvalue weighted by molar-refractivity contribution is 9.10. The lowest BCUT2D eigenvalue weighted by molar-refractivity contribution is 0.350. The molecule has 1 N–H and O–H groups in total. The molecule has 0 aliphatic carbocycles. The van der Waals surface area contributed by atoms with Crippen LogP contribution in [0.1, 0.15) is 35.4 Å². The first-order valence-electron chi connectivity index (χ1n) is 6.93. The van der Waals surface area contributed by atoms with E-state index in [0.717, 1.165) is 35.6 Å². The molecular weight excluding hydrogens is 318 g/mol. The van der Waals surface area contributed by atoms with Crippen LogP contribution in [0.15, 0.2) is 33.4 Å². The van der Waals surface area contributed by atoms with E-state index in [1.165, 1.54) is 16.7 Å². The zero-order chi connectivity index (χ0) is 14.1. The molecule has 0 amide bonds. The smallest absolute Gasteiger partial charge is 0.127 e. The Balaban J connectivity index is 2.11. The summed E-state index contributed by atoms with van der Waals surface area (Å²) in [6.07, 6.45) is 2.72. The molecule has 1 aromatic carbocycles. The third kappa shape index (κ3) is 2.38. The minimum absolute atomic E-state index is 0.100. The lowest BCUT2D eigenvalue weighted by atomic mass is 9.96. The first kappa shape index (κ1) is 13.7. The van der Waals surface area contributed by atoms with Crippen molar-refractivity contribution in [2.24, 2.45) is 0 Å². The zero-order valence-electron chi connectivity index (χ0n) is 11.7. The Morgan fingerprint density at radius 3 is 2.90 bits per heavy atom. The van der Waals surface area contributed by atoms with E-state index in [9.17, 15) is 0 Å². The number of rotatable bonds is 4. The number of fused-ring (bicyclic) bond motifs is 1. The van der Waals surface area contributed by atoms with Crippen molar-refractivity contribution < 1.29 is 9.15 Å². The Kier molecular flexibility index (Phi) is 3.85. The van der Waals surface area contributed by atoms with Crippen molar-refractivity contribution in [2.75, 3.05) is 13.2 Å². The van der Waals surface area contributed by atoms with Crippen molar-refractivity contribution in [3.63, 3.8) is 0 Å². The minimum Gasteiger partial charge on any atom is -0.493 e. The highest BCUT2D eigenvalue weighted by Crippen LogP contribution is 2.39. The van der Waals surface area contributed by atoms with Gasteiger partial charge in [-0.3, -0.25) is 0 Å². The van der Waals surface area contributed by atoms with Crippen molar-refractivity contribution in [1.29, 1.82) is 0 Å². The highest BCUT2D eigenvalue weighted by atomic mass is 79.9. The molecule has 3 rings (SSSR count). The second-order valence-corrected chi connectivity index (χ2v) is 5.92. The molecule has 106 valence electrons. The molecule has 0 spiro atoms. The van der Waals surface area contributed by atoms with Crippen LogP contribution in [-0.4, -0.2) is 13.2 Å². The fourth-order valence-electron chi connectivity index (χ4n) is 2.80. The van der Waals surface area contributed by atoms with Crippen molar-refractivity contribution in [1.82, 2.24) is 5.32 Å². The maximum atomic E-state index is 5.86. The van der Waals surface area contributed by atoms with Gasteiger partial charge in [0.25, 0.3) is 0 Å². The van der Waals surface area contributed by atoms with Crippen LogP contribution in [-0.2, 0) is 6.42 Å². The molecule has 4 heteroatoms. The maximum absolute atomic E-state index is 5.86. The molecule has 0 saturated heterocycles. The van der Waals surface area contributed by atoms with Gasteiger partial charge in [0, 0.05) is 22.0 Å². The fraction of sp³-hybridized carbons (Fsp3) is 0.375. The average molecular weight is 336 g/mol. The molecule has 1 aromatic heterocycles.